The predicted octanol–water partition coefficient (Wildman–Crippen LogP) is 24.4. The van der Waals surface area contributed by atoms with Crippen LogP contribution in [-0.2, 0) is 65.4 Å². The van der Waals surface area contributed by atoms with Crippen LogP contribution in [0, 0.1) is 5.92 Å². The van der Waals surface area contributed by atoms with Crippen LogP contribution in [-0.4, -0.2) is 96.7 Å². The highest BCUT2D eigenvalue weighted by molar-refractivity contribution is 7.47. The summed E-state index contributed by atoms with van der Waals surface area (Å²) < 4.78 is 68.6. The van der Waals surface area contributed by atoms with Gasteiger partial charge in [0.1, 0.15) is 19.3 Å². The molecular formula is C81H158O17P2. The second-order valence-corrected chi connectivity index (χ2v) is 32.5. The number of hydrogen-bond donors (Lipinski definition) is 3. The molecule has 0 aromatic rings. The van der Waals surface area contributed by atoms with Gasteiger partial charge in [-0.25, -0.2) is 9.13 Å². The summed E-state index contributed by atoms with van der Waals surface area (Å²) >= 11 is 0. The molecule has 0 aromatic carbocycles. The third-order valence-corrected chi connectivity index (χ3v) is 20.9. The van der Waals surface area contributed by atoms with Crippen LogP contribution in [0.5, 0.6) is 0 Å². The van der Waals surface area contributed by atoms with E-state index in [0.29, 0.717) is 31.6 Å². The maximum absolute atomic E-state index is 13.1. The van der Waals surface area contributed by atoms with Gasteiger partial charge in [0.05, 0.1) is 26.4 Å². The summed E-state index contributed by atoms with van der Waals surface area (Å²) in [4.78, 5) is 72.9. The summed E-state index contributed by atoms with van der Waals surface area (Å²) in [6.07, 6.45) is 65.7. The number of rotatable bonds is 81. The van der Waals surface area contributed by atoms with E-state index in [0.717, 1.165) is 96.3 Å². The number of esters is 4. The molecule has 594 valence electrons. The van der Waals surface area contributed by atoms with E-state index >= 15 is 0 Å². The number of unbranched alkanes of at least 4 members (excludes halogenated alkanes) is 53. The fraction of sp³-hybridized carbons (Fsp3) is 0.951. The largest absolute Gasteiger partial charge is 0.472 e. The second kappa shape index (κ2) is 73.9. The van der Waals surface area contributed by atoms with Crippen LogP contribution in [0.15, 0.2) is 0 Å². The number of ether oxygens (including phenoxy) is 4. The number of carbonyl (C=O) groups excluding carboxylic acids is 4. The molecule has 2 unspecified atom stereocenters. The Kier molecular flexibility index (Phi) is 72.5. The molecule has 0 heterocycles. The minimum absolute atomic E-state index is 0.106. The van der Waals surface area contributed by atoms with E-state index in [4.69, 9.17) is 37.0 Å². The summed E-state index contributed by atoms with van der Waals surface area (Å²) in [5.41, 5.74) is 0. The monoisotopic (exact) mass is 1470 g/mol. The van der Waals surface area contributed by atoms with Crippen molar-refractivity contribution in [1.82, 2.24) is 0 Å². The van der Waals surface area contributed by atoms with Crippen LogP contribution in [0.3, 0.4) is 0 Å². The van der Waals surface area contributed by atoms with Crippen LogP contribution < -0.4 is 0 Å². The molecular weight excluding hydrogens is 1310 g/mol. The minimum Gasteiger partial charge on any atom is -0.462 e. The first-order chi connectivity index (χ1) is 48.5. The average molecular weight is 1470 g/mol. The fourth-order valence-corrected chi connectivity index (χ4v) is 14.2. The molecule has 0 aliphatic heterocycles. The molecule has 0 amide bonds. The maximum Gasteiger partial charge on any atom is 0.472 e. The Morgan fingerprint density at radius 3 is 0.680 bits per heavy atom. The molecule has 0 saturated carbocycles. The number of phosphoric ester groups is 2. The van der Waals surface area contributed by atoms with Crippen molar-refractivity contribution in [2.75, 3.05) is 39.6 Å². The van der Waals surface area contributed by atoms with Gasteiger partial charge in [0.2, 0.25) is 0 Å². The molecule has 0 rings (SSSR count). The molecule has 0 aliphatic rings. The lowest BCUT2D eigenvalue weighted by molar-refractivity contribution is -0.161. The van der Waals surface area contributed by atoms with Gasteiger partial charge in [0.25, 0.3) is 0 Å². The number of aliphatic hydroxyl groups excluding tert-OH is 1. The molecule has 0 aromatic heterocycles. The van der Waals surface area contributed by atoms with Crippen molar-refractivity contribution in [3.63, 3.8) is 0 Å². The lowest BCUT2D eigenvalue weighted by Crippen LogP contribution is -2.30. The number of carbonyl (C=O) groups is 4. The van der Waals surface area contributed by atoms with Crippen molar-refractivity contribution in [2.24, 2.45) is 5.92 Å². The first-order valence-corrected chi connectivity index (χ1v) is 45.1. The normalized spacial score (nSPS) is 13.8. The molecule has 0 spiro atoms. The second-order valence-electron chi connectivity index (χ2n) is 29.6. The summed E-state index contributed by atoms with van der Waals surface area (Å²) in [6, 6.07) is 0. The van der Waals surface area contributed by atoms with Crippen molar-refractivity contribution in [3.8, 4) is 0 Å². The summed E-state index contributed by atoms with van der Waals surface area (Å²) in [5.74, 6) is -1.43. The molecule has 0 bridgehead atoms. The highest BCUT2D eigenvalue weighted by Crippen LogP contribution is 2.45. The first-order valence-electron chi connectivity index (χ1n) is 42.1. The van der Waals surface area contributed by atoms with Crippen LogP contribution in [0.2, 0.25) is 0 Å². The van der Waals surface area contributed by atoms with Crippen LogP contribution >= 0.6 is 15.6 Å². The number of hydrogen-bond acceptors (Lipinski definition) is 15. The third-order valence-electron chi connectivity index (χ3n) is 19.0. The average Bonchev–Trinajstić information content (AvgIpc) is 1.24. The van der Waals surface area contributed by atoms with E-state index < -0.39 is 97.5 Å². The van der Waals surface area contributed by atoms with Crippen molar-refractivity contribution >= 4 is 39.5 Å². The molecule has 100 heavy (non-hydrogen) atoms. The maximum atomic E-state index is 13.1. The van der Waals surface area contributed by atoms with Gasteiger partial charge in [-0.15, -0.1) is 0 Å². The van der Waals surface area contributed by atoms with Crippen molar-refractivity contribution in [2.45, 2.75) is 451 Å². The van der Waals surface area contributed by atoms with Gasteiger partial charge in [0.15, 0.2) is 12.2 Å². The smallest absolute Gasteiger partial charge is 0.462 e. The molecule has 0 radical (unpaired) electrons. The van der Waals surface area contributed by atoms with Gasteiger partial charge in [-0.3, -0.25) is 37.3 Å². The lowest BCUT2D eigenvalue weighted by atomic mass is 10.0. The van der Waals surface area contributed by atoms with Gasteiger partial charge >= 0.3 is 39.5 Å². The standard InChI is InChI=1S/C81H158O17P2/c1-6-9-12-15-18-21-24-26-28-30-32-33-34-36-38-40-42-44-47-50-57-62-67-81(86)97-76(70-91-78(83)64-59-54-48-46-43-41-39-37-35-31-29-27-25-22-19-16-13-10-7-2)72-95-99(87,88)93-68-75(82)69-94-100(89,90)96-73-77(71-92-79(84)65-60-55-52-51-53-58-63-74(4)5)98-80(85)66-61-56-49-45-23-20-17-14-11-8-3/h74-77,82H,6-73H2,1-5H3,(H,87,88)(H,89,90)/t75-,76-,77-/m1/s1. The fourth-order valence-electron chi connectivity index (χ4n) is 12.6. The molecule has 3 N–H and O–H groups in total. The van der Waals surface area contributed by atoms with Crippen molar-refractivity contribution in [3.05, 3.63) is 0 Å². The number of phosphoric acid groups is 2. The van der Waals surface area contributed by atoms with Crippen LogP contribution in [0.25, 0.3) is 0 Å². The third kappa shape index (κ3) is 74.3. The first kappa shape index (κ1) is 98.1. The molecule has 17 nitrogen and oxygen atoms in total. The van der Waals surface area contributed by atoms with E-state index in [1.165, 1.54) is 250 Å². The Morgan fingerprint density at radius 1 is 0.270 bits per heavy atom. The van der Waals surface area contributed by atoms with E-state index in [-0.39, 0.29) is 25.7 Å². The van der Waals surface area contributed by atoms with Gasteiger partial charge < -0.3 is 33.8 Å². The number of aliphatic hydroxyl groups is 1. The highest BCUT2D eigenvalue weighted by atomic mass is 31.2. The predicted molar refractivity (Wildman–Crippen MR) is 409 cm³/mol. The van der Waals surface area contributed by atoms with Gasteiger partial charge in [-0.1, -0.05) is 381 Å². The topological polar surface area (TPSA) is 237 Å². The van der Waals surface area contributed by atoms with E-state index in [9.17, 15) is 43.2 Å². The molecule has 5 atom stereocenters. The minimum atomic E-state index is -4.96. The Hall–Kier alpha value is -1.94. The van der Waals surface area contributed by atoms with E-state index in [2.05, 4.69) is 34.6 Å². The highest BCUT2D eigenvalue weighted by Gasteiger charge is 2.30. The van der Waals surface area contributed by atoms with Gasteiger partial charge in [-0.05, 0) is 31.6 Å². The molecule has 0 saturated heterocycles. The molecule has 0 aliphatic carbocycles. The van der Waals surface area contributed by atoms with Gasteiger partial charge in [-0.2, -0.15) is 0 Å². The Morgan fingerprint density at radius 2 is 0.460 bits per heavy atom. The SMILES string of the molecule is CCCCCCCCCCCCCCCCCCCCCCCCC(=O)O[C@H](COC(=O)CCCCCCCCCCCCCCCCCCCCC)COP(=O)(O)OC[C@@H](O)COP(=O)(O)OC[C@@H](COC(=O)CCCCCCCCC(C)C)OC(=O)CCCCCCCCCCCC. The Labute approximate surface area is 613 Å². The Bertz CT molecular complexity index is 1910. The van der Waals surface area contributed by atoms with Crippen LogP contribution in [0.1, 0.15) is 433 Å². The van der Waals surface area contributed by atoms with Crippen molar-refractivity contribution < 1.29 is 80.2 Å². The van der Waals surface area contributed by atoms with Gasteiger partial charge in [0, 0.05) is 25.7 Å². The van der Waals surface area contributed by atoms with E-state index in [1.54, 1.807) is 0 Å². The zero-order valence-corrected chi connectivity index (χ0v) is 67.1. The molecule has 0 fully saturated rings. The van der Waals surface area contributed by atoms with Crippen molar-refractivity contribution in [1.29, 1.82) is 0 Å². The zero-order valence-electron chi connectivity index (χ0n) is 65.3. The summed E-state index contributed by atoms with van der Waals surface area (Å²) in [6.45, 7) is 7.22. The van der Waals surface area contributed by atoms with E-state index in [1.807, 2.05) is 0 Å². The summed E-state index contributed by atoms with van der Waals surface area (Å²) in [7, 11) is -9.91. The molecule has 19 heteroatoms. The quantitative estimate of drug-likeness (QED) is 0.0222. The zero-order chi connectivity index (χ0) is 73.4. The lowest BCUT2D eigenvalue weighted by Gasteiger charge is -2.21. The van der Waals surface area contributed by atoms with Crippen LogP contribution in [0.4, 0.5) is 0 Å². The summed E-state index contributed by atoms with van der Waals surface area (Å²) in [5, 5.41) is 10.6. The Balaban J connectivity index is 5.16.